The summed E-state index contributed by atoms with van der Waals surface area (Å²) in [4.78, 5) is 31.5. The summed E-state index contributed by atoms with van der Waals surface area (Å²) in [7, 11) is 0. The van der Waals surface area contributed by atoms with Crippen LogP contribution in [0.5, 0.6) is 0 Å². The molecule has 0 bridgehead atoms. The van der Waals surface area contributed by atoms with Gasteiger partial charge < -0.3 is 0 Å². The molecule has 4 heteroatoms. The lowest BCUT2D eigenvalue weighted by molar-refractivity contribution is 0.0815. The van der Waals surface area contributed by atoms with Crippen molar-refractivity contribution in [3.63, 3.8) is 0 Å². The molecule has 1 aliphatic carbocycles. The molecule has 1 aliphatic rings. The molecule has 4 nitrogen and oxygen atoms in total. The van der Waals surface area contributed by atoms with Gasteiger partial charge in [0.2, 0.25) is 11.6 Å². The summed E-state index contributed by atoms with van der Waals surface area (Å²) in [6, 6.07) is 4.97. The Morgan fingerprint density at radius 3 is 2.56 bits per heavy atom. The van der Waals surface area contributed by atoms with Gasteiger partial charge in [-0.25, -0.2) is 0 Å². The zero-order chi connectivity index (χ0) is 11.1. The van der Waals surface area contributed by atoms with Crippen molar-refractivity contribution in [2.75, 3.05) is 0 Å². The van der Waals surface area contributed by atoms with Crippen molar-refractivity contribution < 1.29 is 9.59 Å². The molecule has 0 unspecified atom stereocenters. The molecule has 76 valence electrons. The first-order valence-corrected chi connectivity index (χ1v) is 4.77. The van der Waals surface area contributed by atoms with Crippen LogP contribution in [-0.2, 0) is 0 Å². The highest BCUT2D eigenvalue weighted by atomic mass is 16.2. The van der Waals surface area contributed by atoms with Crippen LogP contribution in [0.2, 0.25) is 0 Å². The van der Waals surface area contributed by atoms with E-state index in [1.165, 1.54) is 6.20 Å². The van der Waals surface area contributed by atoms with E-state index in [2.05, 4.69) is 9.97 Å². The first kappa shape index (κ1) is 8.91. The van der Waals surface area contributed by atoms with Gasteiger partial charge >= 0.3 is 0 Å². The second-order valence-corrected chi connectivity index (χ2v) is 3.48. The number of carbonyl (C=O) groups excluding carboxylic acids is 2. The minimum Gasteiger partial charge on any atom is -0.285 e. The van der Waals surface area contributed by atoms with E-state index in [1.54, 1.807) is 30.6 Å². The molecule has 0 fully saturated rings. The summed E-state index contributed by atoms with van der Waals surface area (Å²) in [5.41, 5.74) is 1.93. The molecule has 2 aromatic rings. The Morgan fingerprint density at radius 1 is 0.875 bits per heavy atom. The summed E-state index contributed by atoms with van der Waals surface area (Å²) >= 11 is 0. The van der Waals surface area contributed by atoms with Gasteiger partial charge in [-0.2, -0.15) is 0 Å². The van der Waals surface area contributed by atoms with Crippen molar-refractivity contribution in [1.82, 2.24) is 9.97 Å². The van der Waals surface area contributed by atoms with Crippen molar-refractivity contribution in [3.05, 3.63) is 47.9 Å². The van der Waals surface area contributed by atoms with Crippen molar-refractivity contribution in [2.24, 2.45) is 0 Å². The van der Waals surface area contributed by atoms with Crippen LogP contribution < -0.4 is 0 Å². The van der Waals surface area contributed by atoms with Crippen LogP contribution in [0.15, 0.2) is 36.8 Å². The molecule has 0 amide bonds. The number of hydrogen-bond donors (Lipinski definition) is 0. The first-order valence-electron chi connectivity index (χ1n) is 4.77. The fourth-order valence-electron chi connectivity index (χ4n) is 1.83. The Hall–Kier alpha value is -2.36. The average molecular weight is 210 g/mol. The Balaban J connectivity index is 2.41. The summed E-state index contributed by atoms with van der Waals surface area (Å²) in [6.45, 7) is 0. The Bertz CT molecular complexity index is 564. The maximum atomic E-state index is 11.8. The molecule has 0 radical (unpaired) electrons. The van der Waals surface area contributed by atoms with Crippen LogP contribution in [0, 0.1) is 0 Å². The largest absolute Gasteiger partial charge is 0.285 e. The van der Waals surface area contributed by atoms with Crippen molar-refractivity contribution in [1.29, 1.82) is 0 Å². The van der Waals surface area contributed by atoms with E-state index in [1.807, 2.05) is 0 Å². The van der Waals surface area contributed by atoms with Crippen molar-refractivity contribution in [3.8, 4) is 11.3 Å². The molecule has 3 rings (SSSR count). The first-order chi connectivity index (χ1) is 7.79. The molecule has 16 heavy (non-hydrogen) atoms. The van der Waals surface area contributed by atoms with Crippen LogP contribution in [0.1, 0.15) is 20.7 Å². The highest BCUT2D eigenvalue weighted by molar-refractivity contribution is 6.52. The van der Waals surface area contributed by atoms with Gasteiger partial charge in [-0.05, 0) is 18.2 Å². The molecule has 0 N–H and O–H groups in total. The number of hydrogen-bond acceptors (Lipinski definition) is 4. The van der Waals surface area contributed by atoms with Gasteiger partial charge in [0.25, 0.3) is 0 Å². The van der Waals surface area contributed by atoms with Gasteiger partial charge in [0.15, 0.2) is 0 Å². The summed E-state index contributed by atoms with van der Waals surface area (Å²) in [6.07, 6.45) is 4.60. The maximum Gasteiger partial charge on any atom is 0.235 e. The van der Waals surface area contributed by atoms with E-state index in [0.29, 0.717) is 22.4 Å². The maximum absolute atomic E-state index is 11.8. The normalized spacial score (nSPS) is 13.2. The molecule has 2 aromatic heterocycles. The third kappa shape index (κ3) is 1.04. The summed E-state index contributed by atoms with van der Waals surface area (Å²) < 4.78 is 0. The zero-order valence-electron chi connectivity index (χ0n) is 8.18. The van der Waals surface area contributed by atoms with E-state index in [9.17, 15) is 9.59 Å². The van der Waals surface area contributed by atoms with Crippen LogP contribution >= 0.6 is 0 Å². The van der Waals surface area contributed by atoms with Gasteiger partial charge in [-0.1, -0.05) is 0 Å². The fourth-order valence-corrected chi connectivity index (χ4v) is 1.83. The molecular weight excluding hydrogens is 204 g/mol. The Labute approximate surface area is 91.0 Å². The smallest absolute Gasteiger partial charge is 0.235 e. The average Bonchev–Trinajstić information content (AvgIpc) is 2.36. The van der Waals surface area contributed by atoms with Crippen LogP contribution in [0.3, 0.4) is 0 Å². The molecule has 2 heterocycles. The monoisotopic (exact) mass is 210 g/mol. The van der Waals surface area contributed by atoms with Crippen molar-refractivity contribution >= 4 is 11.6 Å². The molecule has 0 saturated heterocycles. The number of aromatic nitrogens is 2. The highest BCUT2D eigenvalue weighted by Crippen LogP contribution is 2.30. The van der Waals surface area contributed by atoms with Gasteiger partial charge in [-0.15, -0.1) is 0 Å². The quantitative estimate of drug-likeness (QED) is 0.618. The topological polar surface area (TPSA) is 59.9 Å². The fraction of sp³-hybridized carbons (Fsp3) is 0. The third-order valence-corrected chi connectivity index (χ3v) is 2.58. The molecule has 0 spiro atoms. The Morgan fingerprint density at radius 2 is 1.69 bits per heavy atom. The van der Waals surface area contributed by atoms with E-state index in [-0.39, 0.29) is 0 Å². The third-order valence-electron chi connectivity index (χ3n) is 2.58. The standard InChI is InChI=1S/C12H6N2O2/c15-11-8-2-1-4-14-10(8)7-3-5-13-6-9(7)12(11)16/h1-6H. The second-order valence-electron chi connectivity index (χ2n) is 3.48. The zero-order valence-corrected chi connectivity index (χ0v) is 8.18. The van der Waals surface area contributed by atoms with Gasteiger partial charge in [-0.3, -0.25) is 19.6 Å². The predicted molar refractivity (Wildman–Crippen MR) is 56.1 cm³/mol. The lowest BCUT2D eigenvalue weighted by Gasteiger charge is -2.15. The summed E-state index contributed by atoms with van der Waals surface area (Å²) in [5, 5.41) is 0. The lowest BCUT2D eigenvalue weighted by Crippen LogP contribution is -2.21. The molecule has 0 atom stereocenters. The van der Waals surface area contributed by atoms with Gasteiger partial charge in [0.1, 0.15) is 0 Å². The Kier molecular flexibility index (Phi) is 1.71. The van der Waals surface area contributed by atoms with E-state index < -0.39 is 11.6 Å². The predicted octanol–water partition coefficient (Wildman–Crippen LogP) is 1.52. The number of carbonyl (C=O) groups is 2. The molecule has 0 aliphatic heterocycles. The summed E-state index contributed by atoms with van der Waals surface area (Å²) in [5.74, 6) is -1.02. The molecule has 0 saturated carbocycles. The van der Waals surface area contributed by atoms with Crippen LogP contribution in [0.25, 0.3) is 11.3 Å². The SMILES string of the molecule is O=C1C(=O)c2cccnc2-c2ccncc21. The number of Topliss-reactive ketones (excluding diaryl/α,β-unsaturated/α-hetero) is 2. The number of nitrogens with zero attached hydrogens (tertiary/aromatic N) is 2. The second kappa shape index (κ2) is 3.06. The minimum atomic E-state index is -0.511. The van der Waals surface area contributed by atoms with Gasteiger partial charge in [0, 0.05) is 24.2 Å². The lowest BCUT2D eigenvalue weighted by atomic mass is 9.88. The minimum absolute atomic E-state index is 0.332. The van der Waals surface area contributed by atoms with Crippen LogP contribution in [0.4, 0.5) is 0 Å². The van der Waals surface area contributed by atoms with E-state index in [4.69, 9.17) is 0 Å². The van der Waals surface area contributed by atoms with Gasteiger partial charge in [0.05, 0.1) is 16.8 Å². The highest BCUT2D eigenvalue weighted by Gasteiger charge is 2.30. The number of fused-ring (bicyclic) bond motifs is 3. The van der Waals surface area contributed by atoms with E-state index in [0.717, 1.165) is 0 Å². The van der Waals surface area contributed by atoms with Crippen LogP contribution in [-0.4, -0.2) is 21.5 Å². The molecule has 0 aromatic carbocycles. The number of pyridine rings is 2. The van der Waals surface area contributed by atoms with E-state index >= 15 is 0 Å². The number of ketones is 2. The molecular formula is C12H6N2O2. The van der Waals surface area contributed by atoms with Crippen molar-refractivity contribution in [2.45, 2.75) is 0 Å². The number of rotatable bonds is 0.